The number of nitrogens with one attached hydrogen (secondary N) is 2. The van der Waals surface area contributed by atoms with E-state index in [-0.39, 0.29) is 27.2 Å². The van der Waals surface area contributed by atoms with Gasteiger partial charge in [0.1, 0.15) is 18.1 Å². The van der Waals surface area contributed by atoms with E-state index in [0.29, 0.717) is 6.54 Å². The van der Waals surface area contributed by atoms with Crippen LogP contribution < -0.4 is 10.6 Å². The van der Waals surface area contributed by atoms with Gasteiger partial charge in [0.05, 0.1) is 4.88 Å². The van der Waals surface area contributed by atoms with E-state index >= 15 is 0 Å². The molecule has 2 aromatic rings. The molecule has 0 bridgehead atoms. The number of carbonyl (C=O) groups excluding carboxylic acids is 2. The molecule has 4 rings (SSSR count). The van der Waals surface area contributed by atoms with E-state index < -0.39 is 42.3 Å². The molecule has 198 valence electrons. The van der Waals surface area contributed by atoms with Crippen LogP contribution in [0.2, 0.25) is 0 Å². The van der Waals surface area contributed by atoms with Crippen LogP contribution in [-0.4, -0.2) is 59.0 Å². The fourth-order valence-corrected chi connectivity index (χ4v) is 4.64. The summed E-state index contributed by atoms with van der Waals surface area (Å²) in [6, 6.07) is 0.722. The maximum Gasteiger partial charge on any atom is 0.405 e. The molecule has 2 amide bonds. The van der Waals surface area contributed by atoms with Crippen molar-refractivity contribution >= 4 is 29.0 Å². The van der Waals surface area contributed by atoms with Gasteiger partial charge >= 0.3 is 6.18 Å². The van der Waals surface area contributed by atoms with Crippen LogP contribution in [0.3, 0.4) is 0 Å². The Morgan fingerprint density at radius 2 is 1.86 bits per heavy atom. The minimum absolute atomic E-state index is 0.0119. The van der Waals surface area contributed by atoms with Gasteiger partial charge in [0.15, 0.2) is 5.01 Å². The minimum Gasteiger partial charge on any atom is -0.361 e. The quantitative estimate of drug-likeness (QED) is 0.468. The summed E-state index contributed by atoms with van der Waals surface area (Å²) in [4.78, 5) is 34.7. The van der Waals surface area contributed by atoms with Crippen LogP contribution in [0.4, 0.5) is 27.8 Å². The molecule has 2 aliphatic rings. The van der Waals surface area contributed by atoms with Crippen molar-refractivity contribution < 1.29 is 31.5 Å². The number of aromatic nitrogens is 2. The molecule has 0 aromatic carbocycles. The molecule has 2 fully saturated rings. The van der Waals surface area contributed by atoms with Crippen molar-refractivity contribution in [1.29, 1.82) is 0 Å². The zero-order valence-corrected chi connectivity index (χ0v) is 20.7. The summed E-state index contributed by atoms with van der Waals surface area (Å²) >= 11 is 0.744. The van der Waals surface area contributed by atoms with Crippen LogP contribution in [0.1, 0.15) is 77.7 Å². The molecule has 3 heterocycles. The third kappa shape index (κ3) is 6.89. The minimum atomic E-state index is -4.56. The highest BCUT2D eigenvalue weighted by Gasteiger charge is 2.33. The summed E-state index contributed by atoms with van der Waals surface area (Å²) in [7, 11) is 1.36. The first kappa shape index (κ1) is 27.8. The number of likely N-dealkylation sites (tertiary alicyclic amines) is 1. The van der Waals surface area contributed by atoms with E-state index in [1.54, 1.807) is 4.90 Å². The Morgan fingerprint density at radius 1 is 1.19 bits per heavy atom. The largest absolute Gasteiger partial charge is 0.405 e. The number of alkyl halides is 5. The van der Waals surface area contributed by atoms with Crippen LogP contribution in [-0.2, 0) is 0 Å². The van der Waals surface area contributed by atoms with E-state index in [9.17, 15) is 31.5 Å². The lowest BCUT2D eigenvalue weighted by Gasteiger charge is -2.21. The molecule has 13 heteroatoms. The maximum atomic E-state index is 13.8. The Hall–Kier alpha value is -2.83. The first-order valence-electron chi connectivity index (χ1n) is 11.6. The van der Waals surface area contributed by atoms with Gasteiger partial charge in [-0.1, -0.05) is 25.7 Å². The third-order valence-corrected chi connectivity index (χ3v) is 7.04. The number of rotatable bonds is 6. The van der Waals surface area contributed by atoms with Crippen LogP contribution in [0.5, 0.6) is 0 Å². The van der Waals surface area contributed by atoms with Gasteiger partial charge in [-0.05, 0) is 25.8 Å². The van der Waals surface area contributed by atoms with Crippen LogP contribution in [0.25, 0.3) is 10.4 Å². The predicted octanol–water partition coefficient (Wildman–Crippen LogP) is 5.66. The van der Waals surface area contributed by atoms with Crippen molar-refractivity contribution in [2.45, 2.75) is 64.1 Å². The lowest BCUT2D eigenvalue weighted by Crippen LogP contribution is -2.34. The lowest BCUT2D eigenvalue weighted by atomic mass is 10.0. The number of hydrogen-bond acceptors (Lipinski definition) is 6. The molecule has 1 aliphatic heterocycles. The Bertz CT molecular complexity index is 1070. The highest BCUT2D eigenvalue weighted by Crippen LogP contribution is 2.38. The number of nitrogens with zero attached hydrogens (tertiary/aromatic N) is 3. The summed E-state index contributed by atoms with van der Waals surface area (Å²) in [6.07, 6.45) is 0.886. The van der Waals surface area contributed by atoms with Crippen LogP contribution in [0, 0.1) is 0 Å². The average Bonchev–Trinajstić information content (AvgIpc) is 3.41. The number of hydrogen-bond donors (Lipinski definition) is 2. The fourth-order valence-electron chi connectivity index (χ4n) is 3.60. The number of thiazole rings is 1. The lowest BCUT2D eigenvalue weighted by molar-refractivity contribution is -0.115. The second-order valence-corrected chi connectivity index (χ2v) is 9.61. The molecule has 1 unspecified atom stereocenters. The Kier molecular flexibility index (Phi) is 9.20. The number of pyridine rings is 1. The van der Waals surface area contributed by atoms with Gasteiger partial charge < -0.3 is 15.5 Å². The molecule has 1 saturated carbocycles. The number of halogens is 5. The molecule has 1 aliphatic carbocycles. The van der Waals surface area contributed by atoms with Gasteiger partial charge in [-0.15, -0.1) is 11.3 Å². The number of carbonyl (C=O) groups is 2. The van der Waals surface area contributed by atoms with Crippen molar-refractivity contribution in [3.05, 3.63) is 28.5 Å². The van der Waals surface area contributed by atoms with Gasteiger partial charge in [-0.3, -0.25) is 9.59 Å². The van der Waals surface area contributed by atoms with Crippen molar-refractivity contribution in [1.82, 2.24) is 20.2 Å². The standard InChI is InChI=1S/C19H20F5N5O2S.C4H8/c1-9-4-3-5-29(9)18(31)13-14(32-17(28-13)16(30)25-2)11-7-26-12(6-10(11)15(20)21)27-8-19(22,23)24;1-2-4-3-1/h6-7,9,15H,3-5,8H2,1-2H3,(H,25,30)(H,26,27);1-4H2. The predicted molar refractivity (Wildman–Crippen MR) is 126 cm³/mol. The molecule has 0 spiro atoms. The second-order valence-electron chi connectivity index (χ2n) is 8.61. The summed E-state index contributed by atoms with van der Waals surface area (Å²) in [5.74, 6) is -1.49. The molecule has 2 N–H and O–H groups in total. The molecule has 2 aromatic heterocycles. The topological polar surface area (TPSA) is 87.2 Å². The molecule has 7 nitrogen and oxygen atoms in total. The monoisotopic (exact) mass is 533 g/mol. The van der Waals surface area contributed by atoms with Gasteiger partial charge in [-0.25, -0.2) is 18.7 Å². The van der Waals surface area contributed by atoms with E-state index in [4.69, 9.17) is 0 Å². The summed E-state index contributed by atoms with van der Waals surface area (Å²) < 4.78 is 65.0. The first-order chi connectivity index (χ1) is 17.0. The molecular formula is C23H28F5N5O2S. The Labute approximate surface area is 209 Å². The second kappa shape index (κ2) is 11.9. The fraction of sp³-hybridized carbons (Fsp3) is 0.565. The van der Waals surface area contributed by atoms with Crippen LogP contribution >= 0.6 is 11.3 Å². The van der Waals surface area contributed by atoms with E-state index in [2.05, 4.69) is 15.3 Å². The molecular weight excluding hydrogens is 505 g/mol. The highest BCUT2D eigenvalue weighted by atomic mass is 32.1. The summed E-state index contributed by atoms with van der Waals surface area (Å²) in [5.41, 5.74) is -0.956. The highest BCUT2D eigenvalue weighted by molar-refractivity contribution is 7.17. The van der Waals surface area contributed by atoms with Crippen LogP contribution in [0.15, 0.2) is 12.3 Å². The van der Waals surface area contributed by atoms with Gasteiger partial charge in [-0.2, -0.15) is 13.2 Å². The number of amides is 2. The molecule has 1 saturated heterocycles. The molecule has 0 radical (unpaired) electrons. The third-order valence-electron chi connectivity index (χ3n) is 5.95. The first-order valence-corrected chi connectivity index (χ1v) is 12.5. The van der Waals surface area contributed by atoms with Crippen molar-refractivity contribution in [3.63, 3.8) is 0 Å². The zero-order valence-electron chi connectivity index (χ0n) is 19.9. The Morgan fingerprint density at radius 3 is 2.36 bits per heavy atom. The Balaban J connectivity index is 0.000000819. The summed E-state index contributed by atoms with van der Waals surface area (Å²) in [5, 5.41) is 4.23. The van der Waals surface area contributed by atoms with Crippen molar-refractivity contribution in [2.24, 2.45) is 0 Å². The average molecular weight is 534 g/mol. The zero-order chi connectivity index (χ0) is 26.5. The van der Waals surface area contributed by atoms with E-state index in [1.165, 1.54) is 32.7 Å². The molecule has 36 heavy (non-hydrogen) atoms. The van der Waals surface area contributed by atoms with E-state index in [0.717, 1.165) is 36.4 Å². The van der Waals surface area contributed by atoms with Gasteiger partial charge in [0.2, 0.25) is 0 Å². The molecule has 1 atom stereocenters. The van der Waals surface area contributed by atoms with Crippen molar-refractivity contribution in [2.75, 3.05) is 25.5 Å². The SMILES string of the molecule is C1CCC1.CNC(=O)c1nc(C(=O)N2CCCC2C)c(-c2cnc(NCC(F)(F)F)cc2C(F)F)s1. The number of anilines is 1. The van der Waals surface area contributed by atoms with Gasteiger partial charge in [0.25, 0.3) is 18.2 Å². The summed E-state index contributed by atoms with van der Waals surface area (Å²) in [6.45, 7) is 0.871. The normalized spacial score (nSPS) is 17.3. The van der Waals surface area contributed by atoms with Crippen molar-refractivity contribution in [3.8, 4) is 10.4 Å². The smallest absolute Gasteiger partial charge is 0.361 e. The van der Waals surface area contributed by atoms with E-state index in [1.807, 2.05) is 12.2 Å². The maximum absolute atomic E-state index is 13.8. The van der Waals surface area contributed by atoms with Gasteiger partial charge in [0, 0.05) is 37.0 Å².